The fourth-order valence-electron chi connectivity index (χ4n) is 2.28. The van der Waals surface area contributed by atoms with Crippen LogP contribution < -0.4 is 0 Å². The summed E-state index contributed by atoms with van der Waals surface area (Å²) in [6.45, 7) is 17.1. The predicted octanol–water partition coefficient (Wildman–Crippen LogP) is 4.83. The Morgan fingerprint density at radius 2 is 1.21 bits per heavy atom. The van der Waals surface area contributed by atoms with Crippen molar-refractivity contribution in [1.82, 2.24) is 0 Å². The Morgan fingerprint density at radius 3 is 1.43 bits per heavy atom. The summed E-state index contributed by atoms with van der Waals surface area (Å²) >= 11 is 0. The van der Waals surface area contributed by atoms with Gasteiger partial charge in [0.1, 0.15) is 0 Å². The van der Waals surface area contributed by atoms with Gasteiger partial charge in [-0.3, -0.25) is 4.57 Å². The molecule has 0 rings (SSSR count). The minimum absolute atomic E-state index is 0.0637. The van der Waals surface area contributed by atoms with Gasteiger partial charge >= 0.3 is 0 Å². The molecule has 0 spiro atoms. The van der Waals surface area contributed by atoms with Crippen LogP contribution in [0.1, 0.15) is 61.8 Å². The van der Waals surface area contributed by atoms with E-state index in [9.17, 15) is 4.57 Å². The second-order valence-corrected chi connectivity index (χ2v) is 10.2. The molecular weight excluding hydrogens is 191 g/mol. The number of hydrogen-bond donors (Lipinski definition) is 0. The molecule has 0 aliphatic rings. The molecule has 0 aliphatic carbocycles. The lowest BCUT2D eigenvalue weighted by Crippen LogP contribution is -2.28. The van der Waals surface area contributed by atoms with Gasteiger partial charge < -0.3 is 0 Å². The summed E-state index contributed by atoms with van der Waals surface area (Å²) in [5.41, 5.74) is 0.250. The molecular formula is C12H26OP. The average molecular weight is 217 g/mol. The van der Waals surface area contributed by atoms with E-state index < -0.39 is 7.80 Å². The van der Waals surface area contributed by atoms with Crippen molar-refractivity contribution in [2.75, 3.05) is 0 Å². The highest BCUT2D eigenvalue weighted by molar-refractivity contribution is 7.48. The van der Waals surface area contributed by atoms with Crippen LogP contribution in [0.4, 0.5) is 0 Å². The lowest BCUT2D eigenvalue weighted by atomic mass is 9.86. The SMILES string of the molecule is CC(C)(C)CC(C)(C)[P](=O)C(C)(C)C. The second-order valence-electron chi connectivity index (χ2n) is 7.02. The van der Waals surface area contributed by atoms with Gasteiger partial charge in [0.25, 0.3) is 0 Å². The molecule has 0 N–H and O–H groups in total. The fraction of sp³-hybridized carbons (Fsp3) is 1.00. The zero-order valence-electron chi connectivity index (χ0n) is 11.1. The van der Waals surface area contributed by atoms with Gasteiger partial charge in [0.15, 0.2) is 0 Å². The van der Waals surface area contributed by atoms with Gasteiger partial charge in [0, 0.05) is 10.3 Å². The van der Waals surface area contributed by atoms with Gasteiger partial charge in [-0.05, 0) is 25.7 Å². The quantitative estimate of drug-likeness (QED) is 0.605. The maximum atomic E-state index is 12.3. The van der Waals surface area contributed by atoms with Crippen LogP contribution in [0.25, 0.3) is 0 Å². The van der Waals surface area contributed by atoms with Crippen molar-refractivity contribution in [2.45, 2.75) is 72.1 Å². The smallest absolute Gasteiger partial charge is 0.0830 e. The van der Waals surface area contributed by atoms with Crippen molar-refractivity contribution < 1.29 is 4.57 Å². The zero-order valence-corrected chi connectivity index (χ0v) is 12.0. The van der Waals surface area contributed by atoms with E-state index in [1.165, 1.54) is 0 Å². The Bertz CT molecular complexity index is 215. The molecule has 0 bridgehead atoms. The maximum Gasteiger partial charge on any atom is 0.0830 e. The molecule has 0 saturated heterocycles. The molecule has 1 radical (unpaired) electrons. The minimum Gasteiger partial charge on any atom is -0.286 e. The summed E-state index contributed by atoms with van der Waals surface area (Å²) in [5, 5.41) is -0.143. The second kappa shape index (κ2) is 3.93. The van der Waals surface area contributed by atoms with E-state index in [0.717, 1.165) is 6.42 Å². The Kier molecular flexibility index (Phi) is 3.96. The highest BCUT2D eigenvalue weighted by atomic mass is 31.1. The first-order valence-electron chi connectivity index (χ1n) is 5.34. The van der Waals surface area contributed by atoms with Crippen molar-refractivity contribution in [1.29, 1.82) is 0 Å². The molecule has 85 valence electrons. The van der Waals surface area contributed by atoms with E-state index in [-0.39, 0.29) is 15.7 Å². The van der Waals surface area contributed by atoms with Crippen LogP contribution in [0.3, 0.4) is 0 Å². The highest BCUT2D eigenvalue weighted by Gasteiger charge is 2.37. The molecule has 0 amide bonds. The normalized spacial score (nSPS) is 15.6. The molecule has 0 saturated carbocycles. The first kappa shape index (κ1) is 14.1. The van der Waals surface area contributed by atoms with Crippen molar-refractivity contribution >= 4 is 7.80 Å². The molecule has 0 aromatic carbocycles. The van der Waals surface area contributed by atoms with Crippen LogP contribution in [-0.4, -0.2) is 10.3 Å². The molecule has 1 atom stereocenters. The van der Waals surface area contributed by atoms with Gasteiger partial charge in [0.05, 0.1) is 7.80 Å². The monoisotopic (exact) mass is 217 g/mol. The lowest BCUT2D eigenvalue weighted by molar-refractivity contribution is 0.329. The summed E-state index contributed by atoms with van der Waals surface area (Å²) in [5.74, 6) is 0. The fourth-order valence-corrected chi connectivity index (χ4v) is 4.71. The van der Waals surface area contributed by atoms with Gasteiger partial charge in [-0.1, -0.05) is 41.5 Å². The summed E-state index contributed by atoms with van der Waals surface area (Å²) < 4.78 is 12.3. The molecule has 0 aromatic rings. The van der Waals surface area contributed by atoms with Crippen LogP contribution in [0.15, 0.2) is 0 Å². The Morgan fingerprint density at radius 1 is 0.857 bits per heavy atom. The number of hydrogen-bond acceptors (Lipinski definition) is 1. The van der Waals surface area contributed by atoms with Crippen LogP contribution in [-0.2, 0) is 4.57 Å². The molecule has 1 unspecified atom stereocenters. The van der Waals surface area contributed by atoms with E-state index in [4.69, 9.17) is 0 Å². The van der Waals surface area contributed by atoms with Crippen molar-refractivity contribution in [2.24, 2.45) is 5.41 Å². The Balaban J connectivity index is 4.72. The summed E-state index contributed by atoms with van der Waals surface area (Å²) in [4.78, 5) is 0. The summed E-state index contributed by atoms with van der Waals surface area (Å²) in [7, 11) is -1.18. The minimum atomic E-state index is -1.18. The van der Waals surface area contributed by atoms with Crippen molar-refractivity contribution in [3.63, 3.8) is 0 Å². The largest absolute Gasteiger partial charge is 0.286 e. The van der Waals surface area contributed by atoms with Crippen LogP contribution >= 0.6 is 7.80 Å². The third-order valence-corrected chi connectivity index (χ3v) is 4.60. The van der Waals surface area contributed by atoms with E-state index in [1.807, 2.05) is 0 Å². The molecule has 0 heterocycles. The molecule has 1 nitrogen and oxygen atoms in total. The van der Waals surface area contributed by atoms with Gasteiger partial charge in [-0.25, -0.2) is 0 Å². The predicted molar refractivity (Wildman–Crippen MR) is 65.5 cm³/mol. The molecule has 2 heteroatoms. The van der Waals surface area contributed by atoms with Crippen LogP contribution in [0.5, 0.6) is 0 Å². The van der Waals surface area contributed by atoms with Crippen LogP contribution in [0, 0.1) is 5.41 Å². The number of rotatable bonds is 2. The molecule has 0 fully saturated rings. The highest BCUT2D eigenvalue weighted by Crippen LogP contribution is 2.53. The third-order valence-electron chi connectivity index (χ3n) is 2.12. The van der Waals surface area contributed by atoms with Crippen molar-refractivity contribution in [3.05, 3.63) is 0 Å². The zero-order chi connectivity index (χ0) is 11.8. The lowest BCUT2D eigenvalue weighted by Gasteiger charge is -2.36. The molecule has 0 aliphatic heterocycles. The summed E-state index contributed by atoms with van der Waals surface area (Å²) in [6.07, 6.45) is 1.01. The first-order chi connectivity index (χ1) is 5.86. The standard InChI is InChI=1S/C12H26OP/c1-10(2,3)9-12(7,8)14(13)11(4,5)6/h9H2,1-8H3. The third kappa shape index (κ3) is 4.55. The van der Waals surface area contributed by atoms with Crippen molar-refractivity contribution in [3.8, 4) is 0 Å². The maximum absolute atomic E-state index is 12.3. The van der Waals surface area contributed by atoms with Gasteiger partial charge in [-0.15, -0.1) is 0 Å². The molecule has 0 aromatic heterocycles. The summed E-state index contributed by atoms with van der Waals surface area (Å²) in [6, 6.07) is 0. The van der Waals surface area contributed by atoms with Gasteiger partial charge in [0.2, 0.25) is 0 Å². The Labute approximate surface area is 90.5 Å². The van der Waals surface area contributed by atoms with E-state index in [0.29, 0.717) is 0 Å². The van der Waals surface area contributed by atoms with E-state index >= 15 is 0 Å². The van der Waals surface area contributed by atoms with Gasteiger partial charge in [-0.2, -0.15) is 0 Å². The van der Waals surface area contributed by atoms with E-state index in [1.54, 1.807) is 0 Å². The van der Waals surface area contributed by atoms with E-state index in [2.05, 4.69) is 55.4 Å². The van der Waals surface area contributed by atoms with Crippen LogP contribution in [0.2, 0.25) is 0 Å². The average Bonchev–Trinajstić information content (AvgIpc) is 1.78. The molecule has 14 heavy (non-hydrogen) atoms. The first-order valence-corrected chi connectivity index (χ1v) is 6.60. The topological polar surface area (TPSA) is 17.1 Å². The Hall–Kier alpha value is 0.100.